The van der Waals surface area contributed by atoms with Crippen LogP contribution in [0.4, 0.5) is 5.69 Å². The van der Waals surface area contributed by atoms with E-state index in [1.54, 1.807) is 62.9 Å². The Kier molecular flexibility index (Phi) is 10.4. The maximum atomic E-state index is 14.8. The number of nitrogens with zero attached hydrogens (tertiary/aromatic N) is 3. The van der Waals surface area contributed by atoms with Gasteiger partial charge in [-0.25, -0.2) is 0 Å². The lowest BCUT2D eigenvalue weighted by molar-refractivity contribution is -0.145. The van der Waals surface area contributed by atoms with Gasteiger partial charge in [0, 0.05) is 40.4 Å². The highest BCUT2D eigenvalue weighted by molar-refractivity contribution is 9.09. The summed E-state index contributed by atoms with van der Waals surface area (Å²) in [5.74, 6) is -1.55. The third-order valence-corrected chi connectivity index (χ3v) is 11.9. The van der Waals surface area contributed by atoms with E-state index in [4.69, 9.17) is 11.6 Å². The summed E-state index contributed by atoms with van der Waals surface area (Å²) in [5, 5.41) is 11.0. The fraction of sp³-hybridized carbons (Fsp3) is 0.581. The summed E-state index contributed by atoms with van der Waals surface area (Å²) < 4.78 is -0.810. The second-order valence-electron chi connectivity index (χ2n) is 11.7. The van der Waals surface area contributed by atoms with E-state index in [0.717, 1.165) is 6.42 Å². The van der Waals surface area contributed by atoms with Crippen molar-refractivity contribution in [1.29, 1.82) is 0 Å². The van der Waals surface area contributed by atoms with Crippen LogP contribution in [-0.2, 0) is 14.4 Å². The van der Waals surface area contributed by atoms with Gasteiger partial charge < -0.3 is 19.8 Å². The number of amides is 3. The third kappa shape index (κ3) is 5.76. The average molecular weight is 667 g/mol. The van der Waals surface area contributed by atoms with Crippen molar-refractivity contribution in [3.63, 3.8) is 0 Å². The Balaban J connectivity index is 1.85. The minimum atomic E-state index is -0.849. The average Bonchev–Trinajstić information content (AvgIpc) is 3.53. The molecule has 0 aliphatic carbocycles. The molecule has 1 aromatic rings. The second kappa shape index (κ2) is 13.2. The van der Waals surface area contributed by atoms with Crippen LogP contribution in [0.5, 0.6) is 0 Å². The number of halogens is 2. The lowest BCUT2D eigenvalue weighted by Gasteiger charge is -2.40. The summed E-state index contributed by atoms with van der Waals surface area (Å²) in [4.78, 5) is 48.5. The van der Waals surface area contributed by atoms with E-state index < -0.39 is 28.7 Å². The minimum Gasteiger partial charge on any atom is -0.394 e. The Hall–Kier alpha value is -1.81. The zero-order valence-electron chi connectivity index (χ0n) is 24.0. The number of carbonyl (C=O) groups is 3. The maximum Gasteiger partial charge on any atom is 0.251 e. The van der Waals surface area contributed by atoms with Gasteiger partial charge in [0.2, 0.25) is 11.8 Å². The van der Waals surface area contributed by atoms with Gasteiger partial charge in [0.05, 0.1) is 29.2 Å². The molecule has 7 atom stereocenters. The topological polar surface area (TPSA) is 81.2 Å². The number of fused-ring (bicyclic) bond motifs is 1. The van der Waals surface area contributed by atoms with Gasteiger partial charge in [0.15, 0.2) is 0 Å². The highest BCUT2D eigenvalue weighted by Gasteiger charge is 2.76. The predicted molar refractivity (Wildman–Crippen MR) is 170 cm³/mol. The van der Waals surface area contributed by atoms with E-state index in [2.05, 4.69) is 29.1 Å². The van der Waals surface area contributed by atoms with Crippen molar-refractivity contribution in [2.45, 2.75) is 66.9 Å². The molecule has 3 heterocycles. The van der Waals surface area contributed by atoms with Gasteiger partial charge in [-0.05, 0) is 49.4 Å². The van der Waals surface area contributed by atoms with Gasteiger partial charge in [-0.2, -0.15) is 0 Å². The van der Waals surface area contributed by atoms with Gasteiger partial charge in [-0.3, -0.25) is 14.4 Å². The first-order chi connectivity index (χ1) is 19.6. The molecule has 0 radical (unpaired) electrons. The van der Waals surface area contributed by atoms with Gasteiger partial charge in [-0.15, -0.1) is 24.9 Å². The molecule has 3 unspecified atom stereocenters. The van der Waals surface area contributed by atoms with E-state index in [0.29, 0.717) is 36.6 Å². The number of carbonyl (C=O) groups excluding carboxylic acids is 3. The Morgan fingerprint density at radius 3 is 2.44 bits per heavy atom. The van der Waals surface area contributed by atoms with Crippen LogP contribution in [0.1, 0.15) is 40.0 Å². The zero-order valence-corrected chi connectivity index (χ0v) is 27.2. The summed E-state index contributed by atoms with van der Waals surface area (Å²) in [5.41, 5.74) is 0.650. The maximum absolute atomic E-state index is 14.8. The molecule has 4 rings (SSSR count). The van der Waals surface area contributed by atoms with Crippen LogP contribution in [-0.4, -0.2) is 85.8 Å². The van der Waals surface area contributed by atoms with Crippen LogP contribution in [0.15, 0.2) is 49.6 Å². The number of likely N-dealkylation sites (tertiary alicyclic amines) is 1. The number of benzene rings is 1. The summed E-state index contributed by atoms with van der Waals surface area (Å²) in [6.07, 6.45) is 5.29. The van der Waals surface area contributed by atoms with Crippen molar-refractivity contribution in [3.8, 4) is 0 Å². The molecule has 10 heteroatoms. The van der Waals surface area contributed by atoms with Crippen LogP contribution < -0.4 is 4.90 Å². The third-order valence-electron chi connectivity index (χ3n) is 8.46. The van der Waals surface area contributed by atoms with E-state index in [1.807, 2.05) is 20.8 Å². The molecule has 3 saturated heterocycles. The molecule has 41 heavy (non-hydrogen) atoms. The minimum absolute atomic E-state index is 0.0333. The lowest BCUT2D eigenvalue weighted by atomic mass is 9.70. The lowest BCUT2D eigenvalue weighted by Crippen LogP contribution is -2.58. The number of aliphatic hydroxyl groups is 1. The molecule has 3 fully saturated rings. The molecule has 7 nitrogen and oxygen atoms in total. The number of aliphatic hydroxyl groups excluding tert-OH is 1. The molecule has 224 valence electrons. The SMILES string of the molecule is C=CCN(CCC)C(=O)[C@H]1[C@@H]2SC3(CC2Br)C(C(=O)N(CC=C)c2ccc(Cl)cc2)N([C@@H](CO)CC(C)C)C(=O)[C@H]13. The van der Waals surface area contributed by atoms with Crippen molar-refractivity contribution in [1.82, 2.24) is 9.80 Å². The van der Waals surface area contributed by atoms with E-state index >= 15 is 0 Å². The van der Waals surface area contributed by atoms with Crippen molar-refractivity contribution in [3.05, 3.63) is 54.6 Å². The van der Waals surface area contributed by atoms with Crippen LogP contribution in [0.2, 0.25) is 5.02 Å². The van der Waals surface area contributed by atoms with Crippen molar-refractivity contribution < 1.29 is 19.5 Å². The van der Waals surface area contributed by atoms with E-state index in [1.165, 1.54) is 0 Å². The second-order valence-corrected chi connectivity index (χ2v) is 14.8. The zero-order chi connectivity index (χ0) is 30.1. The first kappa shape index (κ1) is 32.1. The van der Waals surface area contributed by atoms with Crippen LogP contribution in [0, 0.1) is 17.8 Å². The van der Waals surface area contributed by atoms with E-state index in [9.17, 15) is 19.5 Å². The monoisotopic (exact) mass is 665 g/mol. The summed E-state index contributed by atoms with van der Waals surface area (Å²) in [6, 6.07) is 5.64. The largest absolute Gasteiger partial charge is 0.394 e. The molecule has 1 N–H and O–H groups in total. The van der Waals surface area contributed by atoms with Gasteiger partial charge in [0.1, 0.15) is 6.04 Å². The molecule has 2 bridgehead atoms. The number of rotatable bonds is 13. The highest BCUT2D eigenvalue weighted by Crippen LogP contribution is 2.68. The van der Waals surface area contributed by atoms with E-state index in [-0.39, 0.29) is 46.9 Å². The first-order valence-corrected chi connectivity index (χ1v) is 16.6. The van der Waals surface area contributed by atoms with Crippen molar-refractivity contribution in [2.24, 2.45) is 17.8 Å². The first-order valence-electron chi connectivity index (χ1n) is 14.4. The Morgan fingerprint density at radius 2 is 1.88 bits per heavy atom. The number of hydrogen-bond donors (Lipinski definition) is 1. The normalized spacial score (nSPS) is 29.0. The fourth-order valence-corrected chi connectivity index (χ4v) is 10.7. The highest BCUT2D eigenvalue weighted by atomic mass is 79.9. The predicted octanol–water partition coefficient (Wildman–Crippen LogP) is 5.16. The molecular formula is C31H41BrClN3O4S. The van der Waals surface area contributed by atoms with Crippen molar-refractivity contribution in [2.75, 3.05) is 31.1 Å². The van der Waals surface area contributed by atoms with Gasteiger partial charge in [0.25, 0.3) is 5.91 Å². The molecule has 3 aliphatic rings. The molecule has 3 amide bonds. The molecule has 0 aromatic heterocycles. The van der Waals surface area contributed by atoms with Crippen LogP contribution >= 0.6 is 39.3 Å². The standard InChI is InChI=1S/C31H41BrClN3O4S/c1-6-13-34(14-7-2)28(38)24-25-29(39)36(22(18-37)16-19(4)5)27(31(25)17-23(32)26(24)41-31)30(40)35(15-8-3)21-11-9-20(33)10-12-21/h6,8-12,19,22-27,37H,1,3,7,13-18H2,2,4-5H3/t22-,23?,24-,25+,26-,27?,31?/m1/s1. The van der Waals surface area contributed by atoms with Crippen LogP contribution in [0.3, 0.4) is 0 Å². The summed E-state index contributed by atoms with van der Waals surface area (Å²) in [7, 11) is 0. The van der Waals surface area contributed by atoms with Crippen molar-refractivity contribution >= 4 is 62.7 Å². The molecular weight excluding hydrogens is 626 g/mol. The van der Waals surface area contributed by atoms with Gasteiger partial charge in [-0.1, -0.05) is 60.5 Å². The Labute approximate surface area is 261 Å². The molecule has 1 spiro atoms. The molecule has 1 aromatic carbocycles. The van der Waals surface area contributed by atoms with Gasteiger partial charge >= 0.3 is 0 Å². The molecule has 0 saturated carbocycles. The number of alkyl halides is 1. The smallest absolute Gasteiger partial charge is 0.251 e. The van der Waals surface area contributed by atoms with Crippen LogP contribution in [0.25, 0.3) is 0 Å². The fourth-order valence-electron chi connectivity index (χ4n) is 6.99. The summed E-state index contributed by atoms with van der Waals surface area (Å²) in [6.45, 7) is 14.8. The summed E-state index contributed by atoms with van der Waals surface area (Å²) >= 11 is 11.6. The molecule has 3 aliphatic heterocycles. The Morgan fingerprint density at radius 1 is 1.22 bits per heavy atom. The number of thioether (sulfide) groups is 1. The Bertz CT molecular complexity index is 1170. The number of hydrogen-bond acceptors (Lipinski definition) is 5. The number of anilines is 1. The quantitative estimate of drug-likeness (QED) is 0.233.